The van der Waals surface area contributed by atoms with Crippen molar-refractivity contribution < 1.29 is 0 Å². The molecule has 2 aliphatic heterocycles. The molecular formula is C17H33IN4. The standard InChI is InChI=1S/C17H32N4.HI/c1-13-8-14(2)11-21(10-13)17(18-3)19-9-15-6-7-20(12-15)16-4-5-16;/h13-16H,4-12H2,1-3H3,(H,18,19);1H. The molecule has 3 atom stereocenters. The summed E-state index contributed by atoms with van der Waals surface area (Å²) in [5.41, 5.74) is 0. The van der Waals surface area contributed by atoms with Crippen LogP contribution < -0.4 is 5.32 Å². The van der Waals surface area contributed by atoms with Crippen LogP contribution >= 0.6 is 24.0 Å². The second-order valence-electron chi connectivity index (χ2n) is 7.66. The fourth-order valence-corrected chi connectivity index (χ4v) is 4.20. The molecule has 2 saturated heterocycles. The smallest absolute Gasteiger partial charge is 0.193 e. The molecule has 0 aromatic rings. The molecule has 1 saturated carbocycles. The third-order valence-electron chi connectivity index (χ3n) is 5.31. The minimum absolute atomic E-state index is 0. The zero-order chi connectivity index (χ0) is 14.8. The number of likely N-dealkylation sites (tertiary alicyclic amines) is 2. The highest BCUT2D eigenvalue weighted by Gasteiger charge is 2.34. The minimum atomic E-state index is 0. The molecule has 22 heavy (non-hydrogen) atoms. The van der Waals surface area contributed by atoms with Gasteiger partial charge in [0.15, 0.2) is 5.96 Å². The first-order chi connectivity index (χ1) is 10.2. The Bertz CT molecular complexity index is 373. The Morgan fingerprint density at radius 3 is 2.36 bits per heavy atom. The highest BCUT2D eigenvalue weighted by Crippen LogP contribution is 2.31. The molecule has 5 heteroatoms. The van der Waals surface area contributed by atoms with Crippen LogP contribution in [0.3, 0.4) is 0 Å². The zero-order valence-electron chi connectivity index (χ0n) is 14.4. The summed E-state index contributed by atoms with van der Waals surface area (Å²) in [5.74, 6) is 3.49. The van der Waals surface area contributed by atoms with Crippen LogP contribution in [0.4, 0.5) is 0 Å². The number of halogens is 1. The number of piperidine rings is 1. The van der Waals surface area contributed by atoms with E-state index in [2.05, 4.69) is 34.0 Å². The number of aliphatic imine (C=N–C) groups is 1. The summed E-state index contributed by atoms with van der Waals surface area (Å²) >= 11 is 0. The molecule has 3 unspecified atom stereocenters. The first-order valence-electron chi connectivity index (χ1n) is 8.85. The van der Waals surface area contributed by atoms with Gasteiger partial charge >= 0.3 is 0 Å². The van der Waals surface area contributed by atoms with E-state index in [9.17, 15) is 0 Å². The van der Waals surface area contributed by atoms with E-state index in [1.807, 2.05) is 7.05 Å². The van der Waals surface area contributed by atoms with Gasteiger partial charge in [-0.3, -0.25) is 4.99 Å². The maximum atomic E-state index is 4.53. The van der Waals surface area contributed by atoms with Crippen molar-refractivity contribution in [2.75, 3.05) is 39.8 Å². The van der Waals surface area contributed by atoms with Crippen LogP contribution in [0.2, 0.25) is 0 Å². The Labute approximate surface area is 153 Å². The topological polar surface area (TPSA) is 30.9 Å². The number of rotatable bonds is 3. The molecular weight excluding hydrogens is 387 g/mol. The molecule has 0 bridgehead atoms. The van der Waals surface area contributed by atoms with E-state index < -0.39 is 0 Å². The van der Waals surface area contributed by atoms with Crippen LogP contribution in [0.5, 0.6) is 0 Å². The Balaban J connectivity index is 0.00000176. The summed E-state index contributed by atoms with van der Waals surface area (Å²) in [4.78, 5) is 9.69. The third-order valence-corrected chi connectivity index (χ3v) is 5.31. The van der Waals surface area contributed by atoms with E-state index in [1.165, 1.54) is 38.8 Å². The highest BCUT2D eigenvalue weighted by atomic mass is 127. The van der Waals surface area contributed by atoms with Gasteiger partial charge in [0.05, 0.1) is 0 Å². The number of nitrogens with one attached hydrogen (secondary N) is 1. The lowest BCUT2D eigenvalue weighted by atomic mass is 9.92. The van der Waals surface area contributed by atoms with Gasteiger partial charge in [-0.2, -0.15) is 0 Å². The summed E-state index contributed by atoms with van der Waals surface area (Å²) in [5, 5.41) is 3.65. The van der Waals surface area contributed by atoms with Crippen molar-refractivity contribution in [2.45, 2.75) is 45.6 Å². The second-order valence-corrected chi connectivity index (χ2v) is 7.66. The van der Waals surface area contributed by atoms with Crippen LogP contribution in [-0.4, -0.2) is 61.6 Å². The van der Waals surface area contributed by atoms with E-state index in [0.717, 1.165) is 49.4 Å². The van der Waals surface area contributed by atoms with Crippen LogP contribution in [0.15, 0.2) is 4.99 Å². The molecule has 2 heterocycles. The number of nitrogens with zero attached hydrogens (tertiary/aromatic N) is 3. The van der Waals surface area contributed by atoms with Gasteiger partial charge in [-0.15, -0.1) is 24.0 Å². The van der Waals surface area contributed by atoms with Crippen molar-refractivity contribution in [3.63, 3.8) is 0 Å². The second kappa shape index (κ2) is 8.18. The van der Waals surface area contributed by atoms with E-state index in [-0.39, 0.29) is 24.0 Å². The fourth-order valence-electron chi connectivity index (χ4n) is 4.20. The number of hydrogen-bond acceptors (Lipinski definition) is 2. The van der Waals surface area contributed by atoms with Gasteiger partial charge < -0.3 is 15.1 Å². The fraction of sp³-hybridized carbons (Fsp3) is 0.941. The molecule has 4 nitrogen and oxygen atoms in total. The highest BCUT2D eigenvalue weighted by molar-refractivity contribution is 14.0. The molecule has 3 fully saturated rings. The molecule has 0 aromatic heterocycles. The van der Waals surface area contributed by atoms with Gasteiger partial charge in [0.2, 0.25) is 0 Å². The first kappa shape index (κ1) is 18.3. The Morgan fingerprint density at radius 2 is 1.77 bits per heavy atom. The third kappa shape index (κ3) is 4.73. The van der Waals surface area contributed by atoms with Gasteiger partial charge in [0, 0.05) is 39.3 Å². The summed E-state index contributed by atoms with van der Waals surface area (Å²) < 4.78 is 0. The molecule has 0 radical (unpaired) electrons. The lowest BCUT2D eigenvalue weighted by molar-refractivity contribution is 0.208. The largest absolute Gasteiger partial charge is 0.356 e. The first-order valence-corrected chi connectivity index (χ1v) is 8.85. The molecule has 0 amide bonds. The molecule has 128 valence electrons. The van der Waals surface area contributed by atoms with Gasteiger partial charge in [-0.1, -0.05) is 13.8 Å². The Kier molecular flexibility index (Phi) is 6.80. The van der Waals surface area contributed by atoms with Gasteiger partial charge in [-0.25, -0.2) is 0 Å². The molecule has 1 N–H and O–H groups in total. The average Bonchev–Trinajstić information content (AvgIpc) is 3.18. The normalized spacial score (nSPS) is 33.7. The summed E-state index contributed by atoms with van der Waals surface area (Å²) in [6.07, 6.45) is 5.58. The zero-order valence-corrected chi connectivity index (χ0v) is 16.8. The van der Waals surface area contributed by atoms with E-state index in [0.29, 0.717) is 0 Å². The Hall–Kier alpha value is -0.0400. The van der Waals surface area contributed by atoms with Gasteiger partial charge in [0.25, 0.3) is 0 Å². The quantitative estimate of drug-likeness (QED) is 0.433. The molecule has 0 spiro atoms. The van der Waals surface area contributed by atoms with E-state index in [1.54, 1.807) is 0 Å². The predicted octanol–water partition coefficient (Wildman–Crippen LogP) is 2.64. The predicted molar refractivity (Wildman–Crippen MR) is 104 cm³/mol. The van der Waals surface area contributed by atoms with Crippen LogP contribution in [0.25, 0.3) is 0 Å². The number of guanidine groups is 1. The van der Waals surface area contributed by atoms with Gasteiger partial charge in [0.1, 0.15) is 0 Å². The van der Waals surface area contributed by atoms with Crippen molar-refractivity contribution in [1.29, 1.82) is 0 Å². The molecule has 0 aromatic carbocycles. The van der Waals surface area contributed by atoms with Crippen molar-refractivity contribution in [3.8, 4) is 0 Å². The van der Waals surface area contributed by atoms with Crippen molar-refractivity contribution in [1.82, 2.24) is 15.1 Å². The average molecular weight is 420 g/mol. The summed E-state index contributed by atoms with van der Waals surface area (Å²) in [6, 6.07) is 0.929. The van der Waals surface area contributed by atoms with E-state index in [4.69, 9.17) is 0 Å². The summed E-state index contributed by atoms with van der Waals surface area (Å²) in [6.45, 7) is 10.7. The lowest BCUT2D eigenvalue weighted by Crippen LogP contribution is -2.49. The monoisotopic (exact) mass is 420 g/mol. The van der Waals surface area contributed by atoms with Crippen molar-refractivity contribution in [2.24, 2.45) is 22.7 Å². The SMILES string of the molecule is CN=C(NCC1CCN(C2CC2)C1)N1CC(C)CC(C)C1.I. The van der Waals surface area contributed by atoms with Crippen molar-refractivity contribution >= 4 is 29.9 Å². The Morgan fingerprint density at radius 1 is 1.09 bits per heavy atom. The van der Waals surface area contributed by atoms with Crippen LogP contribution in [0.1, 0.15) is 39.5 Å². The maximum Gasteiger partial charge on any atom is 0.193 e. The maximum absolute atomic E-state index is 4.53. The molecule has 3 aliphatic rings. The van der Waals surface area contributed by atoms with Gasteiger partial charge in [-0.05, 0) is 50.0 Å². The number of hydrogen-bond donors (Lipinski definition) is 1. The van der Waals surface area contributed by atoms with Crippen molar-refractivity contribution in [3.05, 3.63) is 0 Å². The van der Waals surface area contributed by atoms with Crippen LogP contribution in [0, 0.1) is 17.8 Å². The molecule has 1 aliphatic carbocycles. The van der Waals surface area contributed by atoms with Crippen LogP contribution in [-0.2, 0) is 0 Å². The molecule has 3 rings (SSSR count). The minimum Gasteiger partial charge on any atom is -0.356 e. The van der Waals surface area contributed by atoms with E-state index >= 15 is 0 Å². The summed E-state index contributed by atoms with van der Waals surface area (Å²) in [7, 11) is 1.93. The lowest BCUT2D eigenvalue weighted by Gasteiger charge is -2.37.